The van der Waals surface area contributed by atoms with Gasteiger partial charge in [-0.2, -0.15) is 0 Å². The van der Waals surface area contributed by atoms with Gasteiger partial charge in [-0.1, -0.05) is 27.7 Å². The Morgan fingerprint density at radius 3 is 1.88 bits per heavy atom. The van der Waals surface area contributed by atoms with Crippen LogP contribution in [0.2, 0.25) is 0 Å². The Bertz CT molecular complexity index is 249. The Labute approximate surface area is 97.3 Å². The highest BCUT2D eigenvalue weighted by Crippen LogP contribution is 2.06. The molecule has 92 valence electrons. The van der Waals surface area contributed by atoms with Crippen LogP contribution in [0.3, 0.4) is 0 Å². The van der Waals surface area contributed by atoms with E-state index < -0.39 is 5.97 Å². The van der Waals surface area contributed by atoms with Gasteiger partial charge in [0.25, 0.3) is 0 Å². The van der Waals surface area contributed by atoms with Crippen LogP contribution in [0.25, 0.3) is 0 Å². The first kappa shape index (κ1) is 14.8. The summed E-state index contributed by atoms with van der Waals surface area (Å²) in [5.74, 6) is 0.00973. The predicted molar refractivity (Wildman–Crippen MR) is 63.0 cm³/mol. The van der Waals surface area contributed by atoms with Crippen LogP contribution >= 0.6 is 0 Å². The van der Waals surface area contributed by atoms with Crippen LogP contribution in [-0.2, 0) is 14.0 Å². The van der Waals surface area contributed by atoms with Gasteiger partial charge in [0, 0.05) is 17.9 Å². The molecule has 0 aromatic carbocycles. The molecule has 0 saturated heterocycles. The molecule has 0 fully saturated rings. The van der Waals surface area contributed by atoms with Crippen molar-refractivity contribution in [2.75, 3.05) is 13.1 Å². The number of hydrogen-bond acceptors (Lipinski definition) is 2. The van der Waals surface area contributed by atoms with E-state index in [4.69, 9.17) is 0 Å². The second kappa shape index (κ2) is 7.14. The molecule has 0 aliphatic rings. The van der Waals surface area contributed by atoms with Crippen molar-refractivity contribution in [2.24, 2.45) is 11.8 Å². The summed E-state index contributed by atoms with van der Waals surface area (Å²) in [4.78, 5) is 24.5. The van der Waals surface area contributed by atoms with Crippen molar-refractivity contribution >= 4 is 18.7 Å². The minimum absolute atomic E-state index is 0.184. The van der Waals surface area contributed by atoms with Crippen molar-refractivity contribution in [1.29, 1.82) is 0 Å². The van der Waals surface area contributed by atoms with E-state index >= 15 is 0 Å². The van der Waals surface area contributed by atoms with Crippen LogP contribution in [0.5, 0.6) is 0 Å². The fourth-order valence-corrected chi connectivity index (χ4v) is 1.45. The number of rotatable bonds is 6. The second-order valence-electron chi connectivity index (χ2n) is 4.78. The van der Waals surface area contributed by atoms with Crippen molar-refractivity contribution in [3.05, 3.63) is 0 Å². The summed E-state index contributed by atoms with van der Waals surface area (Å²) in [6, 6.07) is 0. The first-order valence-corrected chi connectivity index (χ1v) is 5.59. The average Bonchev–Trinajstić information content (AvgIpc) is 2.15. The molecule has 0 saturated carbocycles. The van der Waals surface area contributed by atoms with Crippen LogP contribution < -0.4 is 0 Å². The van der Waals surface area contributed by atoms with E-state index in [-0.39, 0.29) is 12.3 Å². The lowest BCUT2D eigenvalue weighted by atomic mass is 10.1. The van der Waals surface area contributed by atoms with Gasteiger partial charge in [-0.15, -0.1) is 0 Å². The Hall–Kier alpha value is -1.19. The van der Waals surface area contributed by atoms with Gasteiger partial charge in [0.2, 0.25) is 5.91 Å². The Morgan fingerprint density at radius 1 is 1.12 bits per heavy atom. The van der Waals surface area contributed by atoms with Crippen molar-refractivity contribution in [3.8, 4) is 0 Å². The predicted octanol–water partition coefficient (Wildman–Crippen LogP) is 1.41. The monoisotopic (exact) mass is 228 g/mol. The van der Waals surface area contributed by atoms with E-state index in [1.165, 1.54) is 0 Å². The Morgan fingerprint density at radius 2 is 1.56 bits per heavy atom. The maximum atomic E-state index is 11.8. The van der Waals surface area contributed by atoms with Crippen molar-refractivity contribution < 1.29 is 14.0 Å². The third kappa shape index (κ3) is 6.32. The summed E-state index contributed by atoms with van der Waals surface area (Å²) >= 11 is 0. The first-order chi connectivity index (χ1) is 7.36. The van der Waals surface area contributed by atoms with Gasteiger partial charge < -0.3 is 4.90 Å². The quantitative estimate of drug-likeness (QED) is 0.510. The number of carbonyl (C=O) groups is 2. The van der Waals surface area contributed by atoms with E-state index in [1.54, 1.807) is 4.90 Å². The molecule has 4 nitrogen and oxygen atoms in total. The molecular weight excluding hydrogens is 206 g/mol. The third-order valence-corrected chi connectivity index (χ3v) is 1.98. The van der Waals surface area contributed by atoms with Gasteiger partial charge in [0.05, 0.1) is 0 Å². The van der Waals surface area contributed by atoms with E-state index in [0.29, 0.717) is 24.9 Å². The molecule has 0 spiro atoms. The molecule has 0 aromatic rings. The maximum Gasteiger partial charge on any atom is 0.588 e. The fraction of sp³-hybridized carbons (Fsp3) is 0.750. The molecule has 0 aliphatic carbocycles. The lowest BCUT2D eigenvalue weighted by Gasteiger charge is -2.25. The van der Waals surface area contributed by atoms with Crippen LogP contribution in [-0.4, -0.2) is 36.7 Å². The highest BCUT2D eigenvalue weighted by molar-refractivity contribution is 5.93. The molecule has 1 amide bonds. The number of hydrogen-bond donors (Lipinski definition) is 0. The zero-order valence-electron chi connectivity index (χ0n) is 10.7. The fourth-order valence-electron chi connectivity index (χ4n) is 1.45. The van der Waals surface area contributed by atoms with E-state index in [0.717, 1.165) is 0 Å². The smallest absolute Gasteiger partial charge is 0.341 e. The largest absolute Gasteiger partial charge is 0.588 e. The third-order valence-electron chi connectivity index (χ3n) is 1.98. The van der Waals surface area contributed by atoms with Gasteiger partial charge in [0.15, 0.2) is 13.2 Å². The standard InChI is InChI=1S/C12H22NO3/c1-9(2)7-13(8-10(3)4)11(14)6-12(15)16-5/h9-10H,5-8H2,1-4H3/q+1. The van der Waals surface area contributed by atoms with Crippen LogP contribution in [0, 0.1) is 11.8 Å². The van der Waals surface area contributed by atoms with Gasteiger partial charge in [-0.3, -0.25) is 9.22 Å². The molecule has 0 aliphatic heterocycles. The summed E-state index contributed by atoms with van der Waals surface area (Å²) in [5.41, 5.74) is 0. The average molecular weight is 228 g/mol. The van der Waals surface area contributed by atoms with E-state index in [9.17, 15) is 9.59 Å². The van der Waals surface area contributed by atoms with Gasteiger partial charge in [0.1, 0.15) is 0 Å². The summed E-state index contributed by atoms with van der Waals surface area (Å²) < 4.78 is 4.24. The molecule has 0 atom stereocenters. The molecule has 0 radical (unpaired) electrons. The minimum atomic E-state index is -0.581. The molecule has 0 heterocycles. The minimum Gasteiger partial charge on any atom is -0.341 e. The van der Waals surface area contributed by atoms with Gasteiger partial charge in [-0.25, -0.2) is 0 Å². The van der Waals surface area contributed by atoms with Crippen molar-refractivity contribution in [2.45, 2.75) is 34.1 Å². The number of carbonyl (C=O) groups excluding carboxylic acids is 3. The molecule has 0 bridgehead atoms. The topological polar surface area (TPSA) is 48.7 Å². The first-order valence-electron chi connectivity index (χ1n) is 5.59. The molecular formula is C12H22NO3+. The lowest BCUT2D eigenvalue weighted by molar-refractivity contribution is -0.368. The highest BCUT2D eigenvalue weighted by atomic mass is 16.4. The zero-order chi connectivity index (χ0) is 12.7. The summed E-state index contributed by atoms with van der Waals surface area (Å²) in [6.45, 7) is 12.5. The summed E-state index contributed by atoms with van der Waals surface area (Å²) in [6.07, 6.45) is -0.219. The molecule has 0 N–H and O–H groups in total. The van der Waals surface area contributed by atoms with Crippen molar-refractivity contribution in [3.63, 3.8) is 0 Å². The lowest BCUT2D eigenvalue weighted by Crippen LogP contribution is -2.38. The van der Waals surface area contributed by atoms with Crippen LogP contribution in [0.4, 0.5) is 0 Å². The maximum absolute atomic E-state index is 11.8. The molecule has 16 heavy (non-hydrogen) atoms. The Balaban J connectivity index is 4.42. The van der Waals surface area contributed by atoms with Crippen LogP contribution in [0.15, 0.2) is 0 Å². The summed E-state index contributed by atoms with van der Waals surface area (Å²) in [5, 5.41) is 0. The molecule has 0 rings (SSSR count). The Kier molecular flexibility index (Phi) is 6.61. The molecule has 0 aromatic heterocycles. The van der Waals surface area contributed by atoms with Gasteiger partial charge >= 0.3 is 5.97 Å². The SMILES string of the molecule is C=[O+]C(=O)CC(=O)N(CC(C)C)CC(C)C. The summed E-state index contributed by atoms with van der Waals surface area (Å²) in [7, 11) is 0. The van der Waals surface area contributed by atoms with E-state index in [1.807, 2.05) is 27.7 Å². The van der Waals surface area contributed by atoms with Crippen LogP contribution in [0.1, 0.15) is 34.1 Å². The molecule has 4 heteroatoms. The highest BCUT2D eigenvalue weighted by Gasteiger charge is 2.24. The second-order valence-corrected chi connectivity index (χ2v) is 4.78. The molecule has 0 unspecified atom stereocenters. The van der Waals surface area contributed by atoms with Crippen molar-refractivity contribution in [1.82, 2.24) is 4.90 Å². The van der Waals surface area contributed by atoms with E-state index in [2.05, 4.69) is 11.2 Å². The normalized spacial score (nSPS) is 10.6. The number of nitrogens with zero attached hydrogens (tertiary/aromatic N) is 1. The zero-order valence-corrected chi connectivity index (χ0v) is 10.7. The number of amides is 1. The van der Waals surface area contributed by atoms with Gasteiger partial charge in [-0.05, 0) is 11.8 Å².